The van der Waals surface area contributed by atoms with E-state index in [-0.39, 0.29) is 11.8 Å². The van der Waals surface area contributed by atoms with Gasteiger partial charge in [-0.3, -0.25) is 14.4 Å². The molecule has 3 rings (SSSR count). The van der Waals surface area contributed by atoms with E-state index in [1.807, 2.05) is 32.0 Å². The Morgan fingerprint density at radius 1 is 1.14 bits per heavy atom. The minimum absolute atomic E-state index is 0.224. The summed E-state index contributed by atoms with van der Waals surface area (Å²) >= 11 is 0. The molecule has 1 aliphatic heterocycles. The lowest BCUT2D eigenvalue weighted by atomic mass is 10.1. The molecule has 1 aliphatic rings. The summed E-state index contributed by atoms with van der Waals surface area (Å²) < 4.78 is 0. The molecule has 2 aromatic rings. The second-order valence-electron chi connectivity index (χ2n) is 7.26. The Bertz CT molecular complexity index is 921. The molecule has 0 aliphatic carbocycles. The first kappa shape index (κ1) is 20.5. The highest BCUT2D eigenvalue weighted by Crippen LogP contribution is 2.28. The molecule has 152 valence electrons. The van der Waals surface area contributed by atoms with E-state index in [2.05, 4.69) is 10.6 Å². The summed E-state index contributed by atoms with van der Waals surface area (Å²) in [6.45, 7) is 5.11. The summed E-state index contributed by atoms with van der Waals surface area (Å²) in [4.78, 5) is 39.7. The quantitative estimate of drug-likeness (QED) is 0.652. The van der Waals surface area contributed by atoms with E-state index in [4.69, 9.17) is 5.73 Å². The number of anilines is 2. The van der Waals surface area contributed by atoms with Crippen molar-refractivity contribution in [2.75, 3.05) is 29.9 Å². The largest absolute Gasteiger partial charge is 0.351 e. The second kappa shape index (κ2) is 8.87. The van der Waals surface area contributed by atoms with Gasteiger partial charge in [-0.25, -0.2) is 0 Å². The summed E-state index contributed by atoms with van der Waals surface area (Å²) in [6.07, 6.45) is 0.430. The predicted molar refractivity (Wildman–Crippen MR) is 113 cm³/mol. The summed E-state index contributed by atoms with van der Waals surface area (Å²) in [7, 11) is 0. The van der Waals surface area contributed by atoms with Crippen LogP contribution < -0.4 is 21.3 Å². The van der Waals surface area contributed by atoms with Gasteiger partial charge in [0, 0.05) is 25.3 Å². The van der Waals surface area contributed by atoms with Gasteiger partial charge in [0.1, 0.15) is 5.92 Å². The van der Waals surface area contributed by atoms with Crippen molar-refractivity contribution in [2.45, 2.75) is 20.3 Å². The van der Waals surface area contributed by atoms with E-state index in [0.717, 1.165) is 16.8 Å². The number of para-hydroxylation sites is 1. The highest BCUT2D eigenvalue weighted by molar-refractivity contribution is 6.14. The molecule has 1 fully saturated rings. The summed E-state index contributed by atoms with van der Waals surface area (Å²) in [5.74, 6) is -1.73. The molecule has 1 saturated heterocycles. The van der Waals surface area contributed by atoms with E-state index in [9.17, 15) is 14.4 Å². The highest BCUT2D eigenvalue weighted by atomic mass is 16.2. The molecule has 1 unspecified atom stereocenters. The van der Waals surface area contributed by atoms with Crippen molar-refractivity contribution < 1.29 is 14.4 Å². The predicted octanol–water partition coefficient (Wildman–Crippen LogP) is 1.98. The molecule has 7 heteroatoms. The Hall–Kier alpha value is -3.19. The zero-order valence-corrected chi connectivity index (χ0v) is 16.7. The highest BCUT2D eigenvalue weighted by Gasteiger charge is 2.38. The van der Waals surface area contributed by atoms with Crippen LogP contribution in [0.5, 0.6) is 0 Å². The smallest absolute Gasteiger partial charge is 0.253 e. The molecule has 29 heavy (non-hydrogen) atoms. The topological polar surface area (TPSA) is 105 Å². The lowest BCUT2D eigenvalue weighted by molar-refractivity contribution is -0.129. The van der Waals surface area contributed by atoms with Crippen LogP contribution in [0.3, 0.4) is 0 Å². The van der Waals surface area contributed by atoms with Gasteiger partial charge in [0.05, 0.1) is 11.3 Å². The summed E-state index contributed by atoms with van der Waals surface area (Å²) in [5.41, 5.74) is 9.09. The third-order valence-electron chi connectivity index (χ3n) is 4.90. The molecule has 7 nitrogen and oxygen atoms in total. The SMILES string of the molecule is Cc1cc(C)cc(N2CCC(C(=O)Nc3ccccc3C(=O)NCCN)C2=O)c1. The Balaban J connectivity index is 1.74. The standard InChI is InChI=1S/C22H26N4O3/c1-14-11-15(2)13-16(12-14)26-10-7-18(22(26)29)21(28)25-19-6-4-3-5-17(19)20(27)24-9-8-23/h3-6,11-13,18H,7-10,23H2,1-2H3,(H,24,27)(H,25,28). The second-order valence-corrected chi connectivity index (χ2v) is 7.26. The van der Waals surface area contributed by atoms with Gasteiger partial charge in [0.2, 0.25) is 11.8 Å². The van der Waals surface area contributed by atoms with Gasteiger partial charge in [-0.15, -0.1) is 0 Å². The lowest BCUT2D eigenvalue weighted by Gasteiger charge is -2.18. The molecule has 0 saturated carbocycles. The molecule has 3 amide bonds. The maximum absolute atomic E-state index is 12.9. The van der Waals surface area contributed by atoms with Crippen LogP contribution in [0.15, 0.2) is 42.5 Å². The number of nitrogens with zero attached hydrogens (tertiary/aromatic N) is 1. The number of hydrogen-bond donors (Lipinski definition) is 3. The molecule has 0 radical (unpaired) electrons. The fourth-order valence-electron chi connectivity index (χ4n) is 3.58. The number of benzene rings is 2. The van der Waals surface area contributed by atoms with Crippen LogP contribution >= 0.6 is 0 Å². The number of aryl methyl sites for hydroxylation is 2. The summed E-state index contributed by atoms with van der Waals surface area (Å²) in [6, 6.07) is 12.7. The number of rotatable bonds is 6. The molecule has 4 N–H and O–H groups in total. The lowest BCUT2D eigenvalue weighted by Crippen LogP contribution is -2.34. The number of carbonyl (C=O) groups is 3. The average molecular weight is 394 g/mol. The maximum atomic E-state index is 12.9. The third-order valence-corrected chi connectivity index (χ3v) is 4.90. The van der Waals surface area contributed by atoms with Crippen LogP contribution in [0.2, 0.25) is 0 Å². The first-order valence-corrected chi connectivity index (χ1v) is 9.68. The van der Waals surface area contributed by atoms with Crippen LogP contribution in [0, 0.1) is 19.8 Å². The minimum atomic E-state index is -0.782. The van der Waals surface area contributed by atoms with Crippen molar-refractivity contribution in [3.63, 3.8) is 0 Å². The summed E-state index contributed by atoms with van der Waals surface area (Å²) in [5, 5.41) is 5.45. The molecule has 1 heterocycles. The Labute approximate surface area is 170 Å². The average Bonchev–Trinajstić information content (AvgIpc) is 3.07. The first-order valence-electron chi connectivity index (χ1n) is 9.68. The van der Waals surface area contributed by atoms with Crippen molar-refractivity contribution in [3.8, 4) is 0 Å². The van der Waals surface area contributed by atoms with Crippen LogP contribution in [-0.2, 0) is 9.59 Å². The van der Waals surface area contributed by atoms with E-state index in [0.29, 0.717) is 37.3 Å². The molecule has 0 aromatic heterocycles. The number of amides is 3. The molecule has 2 aromatic carbocycles. The van der Waals surface area contributed by atoms with Gasteiger partial charge in [0.25, 0.3) is 5.91 Å². The van der Waals surface area contributed by atoms with Gasteiger partial charge in [-0.1, -0.05) is 18.2 Å². The van der Waals surface area contributed by atoms with Gasteiger partial charge in [-0.2, -0.15) is 0 Å². The van der Waals surface area contributed by atoms with E-state index < -0.39 is 11.8 Å². The van der Waals surface area contributed by atoms with E-state index in [1.165, 1.54) is 0 Å². The Kier molecular flexibility index (Phi) is 6.29. The zero-order chi connectivity index (χ0) is 21.0. The number of nitrogens with one attached hydrogen (secondary N) is 2. The van der Waals surface area contributed by atoms with Gasteiger partial charge < -0.3 is 21.3 Å². The molecule has 0 spiro atoms. The number of nitrogens with two attached hydrogens (primary N) is 1. The fourth-order valence-corrected chi connectivity index (χ4v) is 3.58. The Morgan fingerprint density at radius 3 is 2.52 bits per heavy atom. The van der Waals surface area contributed by atoms with Gasteiger partial charge in [0.15, 0.2) is 0 Å². The fraction of sp³-hybridized carbons (Fsp3) is 0.318. The van der Waals surface area contributed by atoms with Gasteiger partial charge >= 0.3 is 0 Å². The first-order chi connectivity index (χ1) is 13.9. The van der Waals surface area contributed by atoms with Crippen LogP contribution in [0.4, 0.5) is 11.4 Å². The minimum Gasteiger partial charge on any atom is -0.351 e. The molecular weight excluding hydrogens is 368 g/mol. The normalized spacial score (nSPS) is 16.0. The number of carbonyl (C=O) groups excluding carboxylic acids is 3. The van der Waals surface area contributed by atoms with Crippen molar-refractivity contribution >= 4 is 29.1 Å². The van der Waals surface area contributed by atoms with Gasteiger partial charge in [-0.05, 0) is 55.7 Å². The maximum Gasteiger partial charge on any atom is 0.253 e. The zero-order valence-electron chi connectivity index (χ0n) is 16.7. The van der Waals surface area contributed by atoms with Crippen LogP contribution in [0.25, 0.3) is 0 Å². The van der Waals surface area contributed by atoms with Crippen LogP contribution in [-0.4, -0.2) is 37.4 Å². The Morgan fingerprint density at radius 2 is 1.83 bits per heavy atom. The van der Waals surface area contributed by atoms with E-state index in [1.54, 1.807) is 29.2 Å². The van der Waals surface area contributed by atoms with E-state index >= 15 is 0 Å². The monoisotopic (exact) mass is 394 g/mol. The molecular formula is C22H26N4O3. The van der Waals surface area contributed by atoms with Crippen molar-refractivity contribution in [2.24, 2.45) is 11.7 Å². The number of hydrogen-bond acceptors (Lipinski definition) is 4. The molecule has 0 bridgehead atoms. The van der Waals surface area contributed by atoms with Crippen molar-refractivity contribution in [3.05, 3.63) is 59.2 Å². The van der Waals surface area contributed by atoms with Crippen molar-refractivity contribution in [1.82, 2.24) is 5.32 Å². The van der Waals surface area contributed by atoms with Crippen molar-refractivity contribution in [1.29, 1.82) is 0 Å². The van der Waals surface area contributed by atoms with Crippen LogP contribution in [0.1, 0.15) is 27.9 Å². The third kappa shape index (κ3) is 4.63. The molecule has 1 atom stereocenters.